The highest BCUT2D eigenvalue weighted by Gasteiger charge is 2.48. The maximum atomic E-state index is 14.7. The fourth-order valence-electron chi connectivity index (χ4n) is 7.52. The summed E-state index contributed by atoms with van der Waals surface area (Å²) < 4.78 is 27.4. The van der Waals surface area contributed by atoms with Gasteiger partial charge >= 0.3 is 5.76 Å². The van der Waals surface area contributed by atoms with Gasteiger partial charge in [-0.3, -0.25) is 19.3 Å². The molecule has 0 aliphatic carbocycles. The van der Waals surface area contributed by atoms with Crippen LogP contribution in [-0.2, 0) is 17.7 Å². The molecule has 1 atom stereocenters. The Morgan fingerprint density at radius 2 is 1.86 bits per heavy atom. The number of oxazole rings is 1. The molecule has 252 valence electrons. The molecular formula is C37H35ClFN5O4S. The van der Waals surface area contributed by atoms with Crippen molar-refractivity contribution in [3.05, 3.63) is 92.8 Å². The molecule has 2 saturated heterocycles. The van der Waals surface area contributed by atoms with Gasteiger partial charge in [-0.25, -0.2) is 14.2 Å². The Morgan fingerprint density at radius 1 is 1.04 bits per heavy atom. The smallest absolute Gasteiger partial charge is 0.408 e. The Bertz CT molecular complexity index is 2180. The average molecular weight is 700 g/mol. The molecule has 3 aliphatic rings. The third-order valence-corrected chi connectivity index (χ3v) is 11.6. The van der Waals surface area contributed by atoms with Gasteiger partial charge in [0.1, 0.15) is 10.8 Å². The number of thioether (sulfide) groups is 1. The van der Waals surface area contributed by atoms with Crippen molar-refractivity contribution < 1.29 is 18.3 Å². The van der Waals surface area contributed by atoms with Gasteiger partial charge in [-0.2, -0.15) is 0 Å². The minimum Gasteiger partial charge on any atom is -0.408 e. The molecule has 1 amide bonds. The molecule has 0 bridgehead atoms. The summed E-state index contributed by atoms with van der Waals surface area (Å²) in [5, 5.41) is 0.908. The molecule has 0 N–H and O–H groups in total. The van der Waals surface area contributed by atoms with Crippen LogP contribution < -0.4 is 5.76 Å². The zero-order valence-corrected chi connectivity index (χ0v) is 28.9. The summed E-state index contributed by atoms with van der Waals surface area (Å²) in [4.78, 5) is 43.2. The van der Waals surface area contributed by atoms with Crippen LogP contribution in [0.15, 0.2) is 63.0 Å². The maximum absolute atomic E-state index is 14.7. The van der Waals surface area contributed by atoms with Gasteiger partial charge in [-0.15, -0.1) is 0 Å². The highest BCUT2D eigenvalue weighted by atomic mass is 35.5. The molecule has 8 rings (SSSR count). The number of aryl methyl sites for hydroxylation is 2. The van der Waals surface area contributed by atoms with Crippen molar-refractivity contribution in [3.63, 3.8) is 0 Å². The normalized spacial score (nSPS) is 19.4. The number of hydrogen-bond donors (Lipinski definition) is 0. The number of halogens is 2. The van der Waals surface area contributed by atoms with E-state index >= 15 is 0 Å². The van der Waals surface area contributed by atoms with Gasteiger partial charge < -0.3 is 14.1 Å². The fourth-order valence-corrected chi connectivity index (χ4v) is 9.06. The maximum Gasteiger partial charge on any atom is 0.420 e. The average Bonchev–Trinajstić information content (AvgIpc) is 3.63. The number of rotatable bonds is 7. The fraction of sp³-hybridized carbons (Fsp3) is 0.378. The number of hydrogen-bond acceptors (Lipinski definition) is 8. The van der Waals surface area contributed by atoms with E-state index in [2.05, 4.69) is 16.9 Å². The summed E-state index contributed by atoms with van der Waals surface area (Å²) in [6.45, 7) is 6.19. The van der Waals surface area contributed by atoms with E-state index in [1.54, 1.807) is 24.0 Å². The molecule has 4 aromatic heterocycles. The number of pyridine rings is 3. The first kappa shape index (κ1) is 32.2. The number of nitrogens with zero attached hydrogens (tertiary/aromatic N) is 5. The second kappa shape index (κ2) is 12.7. The van der Waals surface area contributed by atoms with Gasteiger partial charge in [-0.1, -0.05) is 29.4 Å². The summed E-state index contributed by atoms with van der Waals surface area (Å²) in [6, 6.07) is 10.7. The van der Waals surface area contributed by atoms with E-state index in [-0.39, 0.29) is 28.0 Å². The Hall–Kier alpha value is -4.06. The lowest BCUT2D eigenvalue weighted by Crippen LogP contribution is -2.46. The third kappa shape index (κ3) is 5.85. The highest BCUT2D eigenvalue weighted by Crippen LogP contribution is 2.52. The number of carbonyl (C=O) groups is 1. The lowest BCUT2D eigenvalue weighted by molar-refractivity contribution is 0.0639. The standard InChI is InChI=1S/C37H35ClFN5O4S/c1-21-16-24(8-12-40-21)31-27(6-4-22-9-14-47-15-10-22)42-34-33(35(45)44-13-3-11-37(44,2)49-34)32(31)23-5-7-29-30(17-23)48-36(46)43(29)20-28-26(39)18-25(38)19-41-28/h5,7-8,12,16-19,22H,3-4,6,9-11,13-15,20H2,1-2H3/t37-/m1/s1. The molecule has 9 nitrogen and oxygen atoms in total. The van der Waals surface area contributed by atoms with E-state index in [4.69, 9.17) is 25.7 Å². The summed E-state index contributed by atoms with van der Waals surface area (Å²) in [6.07, 6.45) is 8.70. The number of amides is 1. The molecule has 1 aromatic carbocycles. The Labute approximate surface area is 291 Å². The Morgan fingerprint density at radius 3 is 2.65 bits per heavy atom. The van der Waals surface area contributed by atoms with Crippen LogP contribution in [0.2, 0.25) is 5.02 Å². The lowest BCUT2D eigenvalue weighted by atomic mass is 9.86. The molecule has 0 unspecified atom stereocenters. The third-order valence-electron chi connectivity index (χ3n) is 10.1. The molecular weight excluding hydrogens is 665 g/mol. The van der Waals surface area contributed by atoms with Crippen LogP contribution in [0.25, 0.3) is 33.4 Å². The molecule has 3 aliphatic heterocycles. The molecule has 0 radical (unpaired) electrons. The lowest BCUT2D eigenvalue weighted by Gasteiger charge is -2.40. The first-order valence-corrected chi connectivity index (χ1v) is 17.9. The molecule has 0 saturated carbocycles. The number of carbonyl (C=O) groups excluding carboxylic acids is 1. The zero-order valence-electron chi connectivity index (χ0n) is 27.3. The topological polar surface area (TPSA) is 103 Å². The van der Waals surface area contributed by atoms with Crippen LogP contribution in [0.5, 0.6) is 0 Å². The molecule has 5 aromatic rings. The molecule has 7 heterocycles. The number of fused-ring (bicyclic) bond motifs is 3. The van der Waals surface area contributed by atoms with Crippen LogP contribution >= 0.6 is 23.4 Å². The van der Waals surface area contributed by atoms with Crippen molar-refractivity contribution in [2.75, 3.05) is 19.8 Å². The molecule has 2 fully saturated rings. The van der Waals surface area contributed by atoms with E-state index in [0.717, 1.165) is 90.4 Å². The van der Waals surface area contributed by atoms with Gasteiger partial charge in [0.2, 0.25) is 0 Å². The second-order valence-corrected chi connectivity index (χ2v) is 15.2. The van der Waals surface area contributed by atoms with Crippen LogP contribution in [0.4, 0.5) is 4.39 Å². The summed E-state index contributed by atoms with van der Waals surface area (Å²) in [5.74, 6) is -0.752. The summed E-state index contributed by atoms with van der Waals surface area (Å²) in [7, 11) is 0. The molecule has 12 heteroatoms. The van der Waals surface area contributed by atoms with Crippen molar-refractivity contribution in [2.24, 2.45) is 5.92 Å². The predicted molar refractivity (Wildman–Crippen MR) is 186 cm³/mol. The number of benzene rings is 1. The first-order valence-electron chi connectivity index (χ1n) is 16.7. The van der Waals surface area contributed by atoms with E-state index in [1.807, 2.05) is 36.1 Å². The van der Waals surface area contributed by atoms with E-state index < -0.39 is 11.6 Å². The number of ether oxygens (including phenoxy) is 1. The van der Waals surface area contributed by atoms with Crippen molar-refractivity contribution in [1.82, 2.24) is 24.4 Å². The van der Waals surface area contributed by atoms with E-state index in [9.17, 15) is 14.0 Å². The van der Waals surface area contributed by atoms with Crippen molar-refractivity contribution in [2.45, 2.75) is 68.8 Å². The van der Waals surface area contributed by atoms with Crippen LogP contribution in [0.3, 0.4) is 0 Å². The minimum absolute atomic E-state index is 0.0392. The van der Waals surface area contributed by atoms with Crippen molar-refractivity contribution in [3.8, 4) is 22.3 Å². The van der Waals surface area contributed by atoms with Crippen molar-refractivity contribution in [1.29, 1.82) is 0 Å². The molecule has 49 heavy (non-hydrogen) atoms. The minimum atomic E-state index is -0.637. The summed E-state index contributed by atoms with van der Waals surface area (Å²) >= 11 is 7.57. The van der Waals surface area contributed by atoms with Gasteiger partial charge in [0, 0.05) is 49.0 Å². The van der Waals surface area contributed by atoms with Crippen LogP contribution in [0.1, 0.15) is 66.5 Å². The molecule has 0 spiro atoms. The highest BCUT2D eigenvalue weighted by molar-refractivity contribution is 8.00. The van der Waals surface area contributed by atoms with Gasteiger partial charge in [-0.05, 0) is 99.7 Å². The van der Waals surface area contributed by atoms with E-state index in [1.165, 1.54) is 16.8 Å². The zero-order chi connectivity index (χ0) is 33.9. The Kier molecular flexibility index (Phi) is 8.32. The Balaban J connectivity index is 1.32. The van der Waals surface area contributed by atoms with Gasteiger partial charge in [0.05, 0.1) is 38.9 Å². The monoisotopic (exact) mass is 699 g/mol. The largest absolute Gasteiger partial charge is 0.420 e. The van der Waals surface area contributed by atoms with E-state index in [0.29, 0.717) is 29.1 Å². The van der Waals surface area contributed by atoms with Crippen LogP contribution in [-0.4, -0.2) is 55.0 Å². The number of aromatic nitrogens is 4. The first-order chi connectivity index (χ1) is 23.7. The van der Waals surface area contributed by atoms with Crippen LogP contribution in [0, 0.1) is 18.7 Å². The van der Waals surface area contributed by atoms with Gasteiger partial charge in [0.15, 0.2) is 5.58 Å². The van der Waals surface area contributed by atoms with Gasteiger partial charge in [0.25, 0.3) is 5.91 Å². The predicted octanol–water partition coefficient (Wildman–Crippen LogP) is 7.68. The quantitative estimate of drug-likeness (QED) is 0.171. The SMILES string of the molecule is Cc1cc(-c2c(CCC3CCOCC3)nc3c(c2-c2ccc4c(c2)oc(=O)n4Cc2ncc(Cl)cc2F)C(=O)N2CCC[C@@]2(C)S3)ccn1. The van der Waals surface area contributed by atoms with Crippen molar-refractivity contribution >= 4 is 40.4 Å². The summed E-state index contributed by atoms with van der Waals surface area (Å²) in [5.41, 5.74) is 6.56. The second-order valence-electron chi connectivity index (χ2n) is 13.3.